The van der Waals surface area contributed by atoms with E-state index in [1.807, 2.05) is 28.0 Å². The number of nitrogens with zero attached hydrogens (tertiary/aromatic N) is 3. The molecule has 1 aromatic rings. The molecule has 152 valence electrons. The molecule has 3 aliphatic rings. The molecule has 0 unspecified atom stereocenters. The van der Waals surface area contributed by atoms with Gasteiger partial charge in [-0.05, 0) is 43.6 Å². The van der Waals surface area contributed by atoms with Crippen molar-refractivity contribution in [1.82, 2.24) is 14.7 Å². The zero-order valence-corrected chi connectivity index (χ0v) is 16.4. The number of piperazine rings is 1. The first-order valence-electron chi connectivity index (χ1n) is 10.4. The Labute approximate surface area is 166 Å². The SMILES string of the molecule is O=C(CCN1CCCC1)N1CCN(C(=O)Cc2ccc3c(c2)OCCO3)CC1. The van der Waals surface area contributed by atoms with E-state index < -0.39 is 0 Å². The lowest BCUT2D eigenvalue weighted by molar-refractivity contribution is -0.139. The summed E-state index contributed by atoms with van der Waals surface area (Å²) in [4.78, 5) is 31.2. The topological polar surface area (TPSA) is 62.3 Å². The van der Waals surface area contributed by atoms with Crippen molar-refractivity contribution < 1.29 is 19.1 Å². The molecule has 0 saturated carbocycles. The van der Waals surface area contributed by atoms with E-state index in [2.05, 4.69) is 4.90 Å². The van der Waals surface area contributed by atoms with Gasteiger partial charge in [0.15, 0.2) is 11.5 Å². The zero-order chi connectivity index (χ0) is 19.3. The van der Waals surface area contributed by atoms with Crippen LogP contribution in [0.2, 0.25) is 0 Å². The second kappa shape index (κ2) is 8.82. The summed E-state index contributed by atoms with van der Waals surface area (Å²) in [5, 5.41) is 0. The van der Waals surface area contributed by atoms with Gasteiger partial charge < -0.3 is 24.2 Å². The van der Waals surface area contributed by atoms with Crippen molar-refractivity contribution in [3.63, 3.8) is 0 Å². The molecule has 0 aromatic heterocycles. The van der Waals surface area contributed by atoms with Crippen LogP contribution < -0.4 is 9.47 Å². The highest BCUT2D eigenvalue weighted by molar-refractivity contribution is 5.80. The van der Waals surface area contributed by atoms with Crippen LogP contribution in [0.15, 0.2) is 18.2 Å². The van der Waals surface area contributed by atoms with E-state index in [0.29, 0.717) is 58.0 Å². The van der Waals surface area contributed by atoms with E-state index in [0.717, 1.165) is 30.9 Å². The Balaban J connectivity index is 1.23. The highest BCUT2D eigenvalue weighted by Crippen LogP contribution is 2.31. The van der Waals surface area contributed by atoms with E-state index in [1.165, 1.54) is 12.8 Å². The number of carbonyl (C=O) groups excluding carboxylic acids is 2. The summed E-state index contributed by atoms with van der Waals surface area (Å²) in [6, 6.07) is 5.68. The van der Waals surface area contributed by atoms with Crippen molar-refractivity contribution in [2.75, 3.05) is 59.0 Å². The number of likely N-dealkylation sites (tertiary alicyclic amines) is 1. The zero-order valence-electron chi connectivity index (χ0n) is 16.4. The molecule has 2 amide bonds. The van der Waals surface area contributed by atoms with Crippen molar-refractivity contribution in [2.45, 2.75) is 25.7 Å². The molecule has 0 N–H and O–H groups in total. The standard InChI is InChI=1S/C21H29N3O4/c25-20(5-8-22-6-1-2-7-22)23-9-11-24(12-10-23)21(26)16-17-3-4-18-19(15-17)28-14-13-27-18/h3-4,15H,1-2,5-14,16H2. The summed E-state index contributed by atoms with van der Waals surface area (Å²) in [5.41, 5.74) is 0.929. The number of amides is 2. The number of hydrogen-bond donors (Lipinski definition) is 0. The van der Waals surface area contributed by atoms with Crippen LogP contribution in [-0.4, -0.2) is 85.5 Å². The van der Waals surface area contributed by atoms with E-state index in [4.69, 9.17) is 9.47 Å². The third-order valence-electron chi connectivity index (χ3n) is 5.79. The van der Waals surface area contributed by atoms with Gasteiger partial charge in [0.25, 0.3) is 0 Å². The van der Waals surface area contributed by atoms with Gasteiger partial charge in [0, 0.05) is 39.1 Å². The third-order valence-corrected chi connectivity index (χ3v) is 5.79. The summed E-state index contributed by atoms with van der Waals surface area (Å²) in [7, 11) is 0. The molecule has 28 heavy (non-hydrogen) atoms. The Bertz CT molecular complexity index is 710. The van der Waals surface area contributed by atoms with Gasteiger partial charge in [-0.1, -0.05) is 6.07 Å². The second-order valence-electron chi connectivity index (χ2n) is 7.72. The molecule has 2 fully saturated rings. The number of hydrogen-bond acceptors (Lipinski definition) is 5. The maximum absolute atomic E-state index is 12.7. The smallest absolute Gasteiger partial charge is 0.227 e. The van der Waals surface area contributed by atoms with Gasteiger partial charge >= 0.3 is 0 Å². The molecular weight excluding hydrogens is 358 g/mol. The maximum Gasteiger partial charge on any atom is 0.227 e. The first-order valence-corrected chi connectivity index (χ1v) is 10.4. The first-order chi connectivity index (χ1) is 13.7. The lowest BCUT2D eigenvalue weighted by atomic mass is 10.1. The lowest BCUT2D eigenvalue weighted by Gasteiger charge is -2.35. The van der Waals surface area contributed by atoms with Gasteiger partial charge in [-0.2, -0.15) is 0 Å². The van der Waals surface area contributed by atoms with Crippen LogP contribution in [0.5, 0.6) is 11.5 Å². The summed E-state index contributed by atoms with van der Waals surface area (Å²) in [5.74, 6) is 1.76. The van der Waals surface area contributed by atoms with E-state index in [1.54, 1.807) is 0 Å². The normalized spacial score (nSPS) is 19.7. The first kappa shape index (κ1) is 19.1. The Morgan fingerprint density at radius 1 is 0.821 bits per heavy atom. The van der Waals surface area contributed by atoms with E-state index in [9.17, 15) is 9.59 Å². The summed E-state index contributed by atoms with van der Waals surface area (Å²) >= 11 is 0. The molecular formula is C21H29N3O4. The molecule has 2 saturated heterocycles. The summed E-state index contributed by atoms with van der Waals surface area (Å²) in [6.07, 6.45) is 3.43. The minimum atomic E-state index is 0.0980. The van der Waals surface area contributed by atoms with Crippen LogP contribution >= 0.6 is 0 Å². The lowest BCUT2D eigenvalue weighted by Crippen LogP contribution is -2.51. The highest BCUT2D eigenvalue weighted by Gasteiger charge is 2.25. The van der Waals surface area contributed by atoms with Crippen molar-refractivity contribution >= 4 is 11.8 Å². The third kappa shape index (κ3) is 4.58. The highest BCUT2D eigenvalue weighted by atomic mass is 16.6. The summed E-state index contributed by atoms with van der Waals surface area (Å²) in [6.45, 7) is 6.69. The fourth-order valence-electron chi connectivity index (χ4n) is 4.11. The molecule has 0 atom stereocenters. The van der Waals surface area contributed by atoms with Crippen LogP contribution in [0, 0.1) is 0 Å². The molecule has 0 spiro atoms. The molecule has 0 radical (unpaired) electrons. The average molecular weight is 387 g/mol. The van der Waals surface area contributed by atoms with Gasteiger partial charge in [-0.3, -0.25) is 9.59 Å². The van der Waals surface area contributed by atoms with Gasteiger partial charge in [-0.25, -0.2) is 0 Å². The molecule has 3 heterocycles. The van der Waals surface area contributed by atoms with Gasteiger partial charge in [-0.15, -0.1) is 0 Å². The van der Waals surface area contributed by atoms with E-state index in [-0.39, 0.29) is 11.8 Å². The molecule has 1 aromatic carbocycles. The van der Waals surface area contributed by atoms with Crippen LogP contribution in [0.25, 0.3) is 0 Å². The van der Waals surface area contributed by atoms with E-state index >= 15 is 0 Å². The van der Waals surface area contributed by atoms with Crippen molar-refractivity contribution in [3.05, 3.63) is 23.8 Å². The molecule has 0 aliphatic carbocycles. The molecule has 3 aliphatic heterocycles. The van der Waals surface area contributed by atoms with Gasteiger partial charge in [0.1, 0.15) is 13.2 Å². The fourth-order valence-corrected chi connectivity index (χ4v) is 4.11. The number of ether oxygens (including phenoxy) is 2. The van der Waals surface area contributed by atoms with Gasteiger partial charge in [0.05, 0.1) is 6.42 Å². The Kier molecular flexibility index (Phi) is 6.00. The van der Waals surface area contributed by atoms with Crippen molar-refractivity contribution in [2.24, 2.45) is 0 Å². The monoisotopic (exact) mass is 387 g/mol. The molecule has 0 bridgehead atoms. The molecule has 4 rings (SSSR count). The Hall–Kier alpha value is -2.28. The second-order valence-corrected chi connectivity index (χ2v) is 7.72. The molecule has 7 nitrogen and oxygen atoms in total. The van der Waals surface area contributed by atoms with Crippen LogP contribution in [0.4, 0.5) is 0 Å². The fraction of sp³-hybridized carbons (Fsp3) is 0.619. The number of carbonyl (C=O) groups is 2. The Morgan fingerprint density at radius 2 is 1.46 bits per heavy atom. The largest absolute Gasteiger partial charge is 0.486 e. The minimum Gasteiger partial charge on any atom is -0.486 e. The predicted molar refractivity (Wildman–Crippen MR) is 105 cm³/mol. The van der Waals surface area contributed by atoms with Crippen LogP contribution in [-0.2, 0) is 16.0 Å². The minimum absolute atomic E-state index is 0.0980. The van der Waals surface area contributed by atoms with Crippen molar-refractivity contribution in [1.29, 1.82) is 0 Å². The predicted octanol–water partition coefficient (Wildman–Crippen LogP) is 1.16. The maximum atomic E-state index is 12.7. The van der Waals surface area contributed by atoms with Crippen LogP contribution in [0.1, 0.15) is 24.8 Å². The summed E-state index contributed by atoms with van der Waals surface area (Å²) < 4.78 is 11.1. The Morgan fingerprint density at radius 3 is 2.18 bits per heavy atom. The van der Waals surface area contributed by atoms with Crippen LogP contribution in [0.3, 0.4) is 0 Å². The quantitative estimate of drug-likeness (QED) is 0.759. The van der Waals surface area contributed by atoms with Crippen molar-refractivity contribution in [3.8, 4) is 11.5 Å². The number of rotatable bonds is 5. The van der Waals surface area contributed by atoms with Gasteiger partial charge in [0.2, 0.25) is 11.8 Å². The molecule has 7 heteroatoms. The number of benzene rings is 1. The number of fused-ring (bicyclic) bond motifs is 1. The average Bonchev–Trinajstić information content (AvgIpc) is 3.26.